The van der Waals surface area contributed by atoms with Crippen LogP contribution in [0.4, 0.5) is 5.69 Å². The third-order valence-corrected chi connectivity index (χ3v) is 7.26. The highest BCUT2D eigenvalue weighted by Crippen LogP contribution is 2.60. The summed E-state index contributed by atoms with van der Waals surface area (Å²) in [6, 6.07) is 5.06. The average Bonchev–Trinajstić information content (AvgIpc) is 2.52. The fourth-order valence-corrected chi connectivity index (χ4v) is 6.54. The van der Waals surface area contributed by atoms with E-state index in [1.807, 2.05) is 0 Å². The van der Waals surface area contributed by atoms with Crippen molar-refractivity contribution in [1.82, 2.24) is 0 Å². The summed E-state index contributed by atoms with van der Waals surface area (Å²) in [5, 5.41) is 10.8. The van der Waals surface area contributed by atoms with E-state index in [-0.39, 0.29) is 22.6 Å². The molecule has 4 saturated carbocycles. The topological polar surface area (TPSA) is 86.5 Å². The molecule has 130 valence electrons. The molecule has 0 atom stereocenters. The summed E-state index contributed by atoms with van der Waals surface area (Å²) in [5.41, 5.74) is -0.253. The summed E-state index contributed by atoms with van der Waals surface area (Å²) >= 11 is 0. The number of nitrogens with zero attached hydrogens (tertiary/aromatic N) is 1. The largest absolute Gasteiger partial charge is 0.297 e. The molecule has 0 N–H and O–H groups in total. The minimum absolute atomic E-state index is 0.0114. The molecule has 0 aliphatic heterocycles. The molecular formula is C17H21NO5S. The van der Waals surface area contributed by atoms with Gasteiger partial charge in [-0.15, -0.1) is 0 Å². The van der Waals surface area contributed by atoms with Gasteiger partial charge in [-0.25, -0.2) is 0 Å². The van der Waals surface area contributed by atoms with Crippen LogP contribution in [0, 0.1) is 33.3 Å². The van der Waals surface area contributed by atoms with E-state index >= 15 is 0 Å². The maximum Gasteiger partial charge on any atom is 0.297 e. The van der Waals surface area contributed by atoms with E-state index in [4.69, 9.17) is 4.18 Å². The van der Waals surface area contributed by atoms with Crippen LogP contribution < -0.4 is 0 Å². The van der Waals surface area contributed by atoms with Gasteiger partial charge in [-0.2, -0.15) is 8.42 Å². The Labute approximate surface area is 141 Å². The van der Waals surface area contributed by atoms with Crippen molar-refractivity contribution in [1.29, 1.82) is 0 Å². The lowest BCUT2D eigenvalue weighted by molar-refractivity contribution is -0.385. The minimum Gasteiger partial charge on any atom is -0.266 e. The van der Waals surface area contributed by atoms with E-state index in [1.165, 1.54) is 37.5 Å². The molecule has 4 fully saturated rings. The first-order valence-electron chi connectivity index (χ1n) is 8.49. The van der Waals surface area contributed by atoms with E-state index in [2.05, 4.69) is 0 Å². The molecule has 1 aromatic carbocycles. The molecule has 24 heavy (non-hydrogen) atoms. The van der Waals surface area contributed by atoms with E-state index in [9.17, 15) is 18.5 Å². The zero-order valence-electron chi connectivity index (χ0n) is 13.4. The maximum absolute atomic E-state index is 12.5. The molecule has 4 bridgehead atoms. The summed E-state index contributed by atoms with van der Waals surface area (Å²) in [4.78, 5) is 10.1. The predicted octanol–water partition coefficient (Wildman–Crippen LogP) is 3.52. The third-order valence-electron chi connectivity index (χ3n) is 6.00. The Morgan fingerprint density at radius 1 is 1.12 bits per heavy atom. The van der Waals surface area contributed by atoms with Gasteiger partial charge < -0.3 is 0 Å². The molecule has 0 spiro atoms. The van der Waals surface area contributed by atoms with Gasteiger partial charge in [0.2, 0.25) is 0 Å². The number of hydrogen-bond acceptors (Lipinski definition) is 5. The van der Waals surface area contributed by atoms with Crippen LogP contribution in [0.3, 0.4) is 0 Å². The first kappa shape index (κ1) is 16.0. The predicted molar refractivity (Wildman–Crippen MR) is 86.8 cm³/mol. The van der Waals surface area contributed by atoms with Crippen molar-refractivity contribution in [2.75, 3.05) is 6.61 Å². The molecule has 0 heterocycles. The Kier molecular flexibility index (Phi) is 3.69. The number of non-ortho nitro benzene ring substituents is 1. The van der Waals surface area contributed by atoms with E-state index in [0.717, 1.165) is 43.1 Å². The summed E-state index contributed by atoms with van der Waals surface area (Å²) in [5.74, 6) is 2.17. The highest BCUT2D eigenvalue weighted by atomic mass is 32.2. The van der Waals surface area contributed by atoms with E-state index in [1.54, 1.807) is 0 Å². The van der Waals surface area contributed by atoms with Gasteiger partial charge in [0.15, 0.2) is 0 Å². The quantitative estimate of drug-likeness (QED) is 0.460. The van der Waals surface area contributed by atoms with Gasteiger partial charge in [0.25, 0.3) is 15.8 Å². The number of benzene rings is 1. The smallest absolute Gasteiger partial charge is 0.266 e. The Bertz CT molecular complexity index is 738. The van der Waals surface area contributed by atoms with Crippen LogP contribution in [-0.2, 0) is 14.3 Å². The van der Waals surface area contributed by atoms with E-state index in [0.29, 0.717) is 0 Å². The Morgan fingerprint density at radius 2 is 1.71 bits per heavy atom. The van der Waals surface area contributed by atoms with Crippen LogP contribution in [0.5, 0.6) is 0 Å². The van der Waals surface area contributed by atoms with Gasteiger partial charge in [-0.05, 0) is 67.8 Å². The molecule has 4 aliphatic carbocycles. The Balaban J connectivity index is 1.51. The second-order valence-corrected chi connectivity index (χ2v) is 9.50. The SMILES string of the molecule is O=[N+]([O-])c1cccc(S(=O)(=O)OCC23CC4CC(CC(C4)C2)C3)c1. The summed E-state index contributed by atoms with van der Waals surface area (Å²) in [6.45, 7) is 0.210. The van der Waals surface area contributed by atoms with Crippen LogP contribution in [0.1, 0.15) is 38.5 Å². The number of nitro benzene ring substituents is 1. The first-order valence-corrected chi connectivity index (χ1v) is 9.90. The molecule has 0 radical (unpaired) electrons. The van der Waals surface area contributed by atoms with Gasteiger partial charge in [-0.1, -0.05) is 6.07 Å². The zero-order chi connectivity index (χ0) is 16.9. The van der Waals surface area contributed by atoms with Crippen LogP contribution >= 0.6 is 0 Å². The number of hydrogen-bond donors (Lipinski definition) is 0. The van der Waals surface area contributed by atoms with Gasteiger partial charge in [-0.3, -0.25) is 14.3 Å². The fraction of sp³-hybridized carbons (Fsp3) is 0.647. The highest BCUT2D eigenvalue weighted by Gasteiger charge is 2.51. The third kappa shape index (κ3) is 2.84. The van der Waals surface area contributed by atoms with Gasteiger partial charge >= 0.3 is 0 Å². The molecular weight excluding hydrogens is 330 g/mol. The van der Waals surface area contributed by atoms with Crippen molar-refractivity contribution in [3.05, 3.63) is 34.4 Å². The lowest BCUT2D eigenvalue weighted by atomic mass is 9.50. The molecule has 0 unspecified atom stereocenters. The highest BCUT2D eigenvalue weighted by molar-refractivity contribution is 7.86. The summed E-state index contributed by atoms with van der Waals surface area (Å²) in [7, 11) is -3.96. The average molecular weight is 351 g/mol. The Morgan fingerprint density at radius 3 is 2.25 bits per heavy atom. The standard InChI is InChI=1S/C17H21NO5S/c19-18(20)15-2-1-3-16(7-15)24(21,22)23-11-17-8-12-4-13(9-17)6-14(5-12)10-17/h1-3,7,12-14H,4-6,8-11H2. The lowest BCUT2D eigenvalue weighted by Crippen LogP contribution is -2.48. The van der Waals surface area contributed by atoms with E-state index < -0.39 is 15.0 Å². The molecule has 4 aliphatic rings. The van der Waals surface area contributed by atoms with Crippen molar-refractivity contribution in [2.45, 2.75) is 43.4 Å². The van der Waals surface area contributed by atoms with Crippen LogP contribution in [0.2, 0.25) is 0 Å². The van der Waals surface area contributed by atoms with Gasteiger partial charge in [0.05, 0.1) is 11.5 Å². The second kappa shape index (κ2) is 5.52. The van der Waals surface area contributed by atoms with Crippen LogP contribution in [-0.4, -0.2) is 19.9 Å². The molecule has 7 heteroatoms. The van der Waals surface area contributed by atoms with Gasteiger partial charge in [0, 0.05) is 12.1 Å². The zero-order valence-corrected chi connectivity index (χ0v) is 14.2. The number of nitro groups is 1. The molecule has 0 saturated heterocycles. The first-order chi connectivity index (χ1) is 11.4. The van der Waals surface area contributed by atoms with Crippen molar-refractivity contribution in [3.63, 3.8) is 0 Å². The van der Waals surface area contributed by atoms with Crippen molar-refractivity contribution in [2.24, 2.45) is 23.2 Å². The van der Waals surface area contributed by atoms with Crippen molar-refractivity contribution in [3.8, 4) is 0 Å². The molecule has 6 nitrogen and oxygen atoms in total. The molecule has 0 amide bonds. The molecule has 0 aromatic heterocycles. The molecule has 1 aromatic rings. The normalized spacial score (nSPS) is 34.4. The van der Waals surface area contributed by atoms with Crippen molar-refractivity contribution >= 4 is 15.8 Å². The van der Waals surface area contributed by atoms with Crippen LogP contribution in [0.15, 0.2) is 29.2 Å². The molecule has 5 rings (SSSR count). The monoisotopic (exact) mass is 351 g/mol. The lowest BCUT2D eigenvalue weighted by Gasteiger charge is -2.56. The second-order valence-electron chi connectivity index (χ2n) is 7.89. The maximum atomic E-state index is 12.5. The summed E-state index contributed by atoms with van der Waals surface area (Å²) < 4.78 is 30.3. The van der Waals surface area contributed by atoms with Crippen LogP contribution in [0.25, 0.3) is 0 Å². The number of rotatable bonds is 5. The summed E-state index contributed by atoms with van der Waals surface area (Å²) in [6.07, 6.45) is 7.04. The Hall–Kier alpha value is -1.47. The fourth-order valence-electron chi connectivity index (χ4n) is 5.49. The minimum atomic E-state index is -3.96. The van der Waals surface area contributed by atoms with Gasteiger partial charge in [0.1, 0.15) is 4.90 Å². The van der Waals surface area contributed by atoms with Crippen molar-refractivity contribution < 1.29 is 17.5 Å².